The summed E-state index contributed by atoms with van der Waals surface area (Å²) in [4.78, 5) is 12.8. The molecule has 0 aromatic heterocycles. The maximum absolute atomic E-state index is 12.5. The molecule has 0 bridgehead atoms. The molecule has 0 fully saturated rings. The van der Waals surface area contributed by atoms with E-state index in [-0.39, 0.29) is 10.8 Å². The molecular weight excluding hydrogens is 322 g/mol. The number of aryl methyl sites for hydroxylation is 1. The number of nitrogens with one attached hydrogen (secondary N) is 1. The van der Waals surface area contributed by atoms with E-state index >= 15 is 0 Å². The molecule has 1 amide bonds. The van der Waals surface area contributed by atoms with Crippen LogP contribution in [-0.4, -0.2) is 20.6 Å². The number of rotatable bonds is 3. The fraction of sp³-hybridized carbons (Fsp3) is 0.105. The van der Waals surface area contributed by atoms with Crippen molar-refractivity contribution in [3.8, 4) is 0 Å². The molecule has 4 nitrogen and oxygen atoms in total. The summed E-state index contributed by atoms with van der Waals surface area (Å²) < 4.78 is 23.9. The van der Waals surface area contributed by atoms with Crippen molar-refractivity contribution in [1.82, 2.24) is 0 Å². The molecular formula is C19H17NO3S. The van der Waals surface area contributed by atoms with E-state index in [0.717, 1.165) is 5.56 Å². The Kier molecular flexibility index (Phi) is 4.11. The number of hydrogen-bond acceptors (Lipinski definition) is 3. The monoisotopic (exact) mass is 339 g/mol. The number of carbonyl (C=O) groups is 1. The maximum Gasteiger partial charge on any atom is 0.255 e. The van der Waals surface area contributed by atoms with E-state index < -0.39 is 9.84 Å². The lowest BCUT2D eigenvalue weighted by Crippen LogP contribution is -2.13. The van der Waals surface area contributed by atoms with Crippen LogP contribution in [0.1, 0.15) is 15.9 Å². The molecule has 3 aromatic carbocycles. The Morgan fingerprint density at radius 2 is 1.50 bits per heavy atom. The highest BCUT2D eigenvalue weighted by Gasteiger charge is 2.15. The minimum absolute atomic E-state index is 0.217. The van der Waals surface area contributed by atoms with Crippen LogP contribution in [0.5, 0.6) is 0 Å². The number of fused-ring (bicyclic) bond motifs is 1. The summed E-state index contributed by atoms with van der Waals surface area (Å²) in [6, 6.07) is 17.6. The van der Waals surface area contributed by atoms with Crippen LogP contribution in [0, 0.1) is 6.92 Å². The second kappa shape index (κ2) is 6.09. The average Bonchev–Trinajstić information content (AvgIpc) is 2.54. The smallest absolute Gasteiger partial charge is 0.255 e. The molecule has 0 aliphatic heterocycles. The standard InChI is InChI=1S/C19H17NO3S/c1-13-7-3-4-8-14(13)19(21)20-17-11-12-18(24(2,22)23)16-10-6-5-9-15(16)17/h3-12H,1-2H3,(H,20,21). The topological polar surface area (TPSA) is 63.2 Å². The van der Waals surface area contributed by atoms with Crippen molar-refractivity contribution >= 4 is 32.2 Å². The van der Waals surface area contributed by atoms with Crippen molar-refractivity contribution < 1.29 is 13.2 Å². The number of hydrogen-bond donors (Lipinski definition) is 1. The van der Waals surface area contributed by atoms with Gasteiger partial charge in [0.1, 0.15) is 0 Å². The van der Waals surface area contributed by atoms with Crippen molar-refractivity contribution in [1.29, 1.82) is 0 Å². The summed E-state index contributed by atoms with van der Waals surface area (Å²) in [6.45, 7) is 1.87. The fourth-order valence-corrected chi connectivity index (χ4v) is 3.61. The van der Waals surface area contributed by atoms with E-state index in [1.165, 1.54) is 12.3 Å². The van der Waals surface area contributed by atoms with E-state index in [4.69, 9.17) is 0 Å². The van der Waals surface area contributed by atoms with E-state index in [2.05, 4.69) is 5.32 Å². The van der Waals surface area contributed by atoms with Crippen molar-refractivity contribution in [3.63, 3.8) is 0 Å². The van der Waals surface area contributed by atoms with Crippen molar-refractivity contribution in [2.75, 3.05) is 11.6 Å². The van der Waals surface area contributed by atoms with Crippen LogP contribution in [0.25, 0.3) is 10.8 Å². The Morgan fingerprint density at radius 1 is 0.875 bits per heavy atom. The molecule has 0 aliphatic carbocycles. The maximum atomic E-state index is 12.5. The first-order valence-electron chi connectivity index (χ1n) is 7.47. The molecule has 0 heterocycles. The van der Waals surface area contributed by atoms with Gasteiger partial charge in [-0.2, -0.15) is 0 Å². The largest absolute Gasteiger partial charge is 0.321 e. The molecule has 3 rings (SSSR count). The predicted octanol–water partition coefficient (Wildman–Crippen LogP) is 3.80. The van der Waals surface area contributed by atoms with Gasteiger partial charge in [-0.1, -0.05) is 42.5 Å². The zero-order valence-electron chi connectivity index (χ0n) is 13.4. The molecule has 0 radical (unpaired) electrons. The van der Waals surface area contributed by atoms with Gasteiger partial charge in [-0.3, -0.25) is 4.79 Å². The van der Waals surface area contributed by atoms with Crippen LogP contribution in [0.15, 0.2) is 65.6 Å². The summed E-state index contributed by atoms with van der Waals surface area (Å²) in [7, 11) is -3.35. The lowest BCUT2D eigenvalue weighted by molar-refractivity contribution is 0.102. The van der Waals surface area contributed by atoms with E-state index in [9.17, 15) is 13.2 Å². The van der Waals surface area contributed by atoms with Gasteiger partial charge in [0.25, 0.3) is 5.91 Å². The normalized spacial score (nSPS) is 11.4. The van der Waals surface area contributed by atoms with Gasteiger partial charge in [0, 0.05) is 28.3 Å². The molecule has 0 unspecified atom stereocenters. The predicted molar refractivity (Wildman–Crippen MR) is 96.2 cm³/mol. The molecule has 5 heteroatoms. The van der Waals surface area contributed by atoms with E-state index in [1.807, 2.05) is 31.2 Å². The highest BCUT2D eigenvalue weighted by atomic mass is 32.2. The van der Waals surface area contributed by atoms with E-state index in [1.54, 1.807) is 30.3 Å². The molecule has 122 valence electrons. The number of anilines is 1. The second-order valence-electron chi connectivity index (χ2n) is 5.70. The Balaban J connectivity index is 2.09. The molecule has 0 spiro atoms. The Hall–Kier alpha value is -2.66. The number of sulfone groups is 1. The lowest BCUT2D eigenvalue weighted by atomic mass is 10.1. The van der Waals surface area contributed by atoms with Gasteiger partial charge in [-0.05, 0) is 30.7 Å². The molecule has 3 aromatic rings. The van der Waals surface area contributed by atoms with Gasteiger partial charge in [0.2, 0.25) is 0 Å². The molecule has 0 saturated heterocycles. The van der Waals surface area contributed by atoms with Crippen molar-refractivity contribution in [2.45, 2.75) is 11.8 Å². The quantitative estimate of drug-likeness (QED) is 0.789. The highest BCUT2D eigenvalue weighted by Crippen LogP contribution is 2.29. The summed E-state index contributed by atoms with van der Waals surface area (Å²) in [5, 5.41) is 4.18. The first-order chi connectivity index (χ1) is 11.4. The molecule has 0 aliphatic rings. The SMILES string of the molecule is Cc1ccccc1C(=O)Nc1ccc(S(C)(=O)=O)c2ccccc12. The first-order valence-corrected chi connectivity index (χ1v) is 9.36. The van der Waals surface area contributed by atoms with Crippen molar-refractivity contribution in [2.24, 2.45) is 0 Å². The average molecular weight is 339 g/mol. The minimum atomic E-state index is -3.35. The molecule has 1 N–H and O–H groups in total. The van der Waals surface area contributed by atoms with Crippen molar-refractivity contribution in [3.05, 3.63) is 71.8 Å². The third kappa shape index (κ3) is 3.03. The number of carbonyl (C=O) groups excluding carboxylic acids is 1. The van der Waals surface area contributed by atoms with Gasteiger partial charge < -0.3 is 5.32 Å². The zero-order chi connectivity index (χ0) is 17.3. The lowest BCUT2D eigenvalue weighted by Gasteiger charge is -2.12. The second-order valence-corrected chi connectivity index (χ2v) is 7.68. The van der Waals surface area contributed by atoms with Gasteiger partial charge in [0.05, 0.1) is 4.90 Å². The Bertz CT molecular complexity index is 1040. The summed E-state index contributed by atoms with van der Waals surface area (Å²) in [5.74, 6) is -0.217. The first kappa shape index (κ1) is 16.2. The fourth-order valence-electron chi connectivity index (χ4n) is 2.72. The van der Waals surface area contributed by atoms with Crippen LogP contribution in [0.2, 0.25) is 0 Å². The third-order valence-electron chi connectivity index (χ3n) is 3.92. The molecule has 24 heavy (non-hydrogen) atoms. The third-order valence-corrected chi connectivity index (χ3v) is 5.08. The van der Waals surface area contributed by atoms with E-state index in [0.29, 0.717) is 22.0 Å². The van der Waals surface area contributed by atoms with Crippen LogP contribution >= 0.6 is 0 Å². The van der Waals surface area contributed by atoms with Crippen LogP contribution in [-0.2, 0) is 9.84 Å². The van der Waals surface area contributed by atoms with Gasteiger partial charge in [-0.25, -0.2) is 8.42 Å². The zero-order valence-corrected chi connectivity index (χ0v) is 14.2. The summed E-state index contributed by atoms with van der Waals surface area (Å²) in [6.07, 6.45) is 1.18. The molecule has 0 saturated carbocycles. The molecule has 0 atom stereocenters. The van der Waals surface area contributed by atoms with Crippen LogP contribution in [0.3, 0.4) is 0 Å². The highest BCUT2D eigenvalue weighted by molar-refractivity contribution is 7.91. The van der Waals surface area contributed by atoms with Gasteiger partial charge in [-0.15, -0.1) is 0 Å². The minimum Gasteiger partial charge on any atom is -0.321 e. The van der Waals surface area contributed by atoms with Gasteiger partial charge >= 0.3 is 0 Å². The Morgan fingerprint density at radius 3 is 2.17 bits per heavy atom. The number of amides is 1. The van der Waals surface area contributed by atoms with Gasteiger partial charge in [0.15, 0.2) is 9.84 Å². The number of benzene rings is 3. The summed E-state index contributed by atoms with van der Waals surface area (Å²) in [5.41, 5.74) is 2.06. The van der Waals surface area contributed by atoms with Crippen LogP contribution < -0.4 is 5.32 Å². The Labute approximate surface area is 141 Å². The summed E-state index contributed by atoms with van der Waals surface area (Å²) >= 11 is 0. The van der Waals surface area contributed by atoms with Crippen LogP contribution in [0.4, 0.5) is 5.69 Å².